The standard InChI is InChI=1S/C9H10O3/c1-12-6-7-2-3-8(5-10)9(11)4-7/h2-5,8H,6H2,1H3. The van der Waals surface area contributed by atoms with Crippen molar-refractivity contribution in [2.24, 2.45) is 5.92 Å². The van der Waals surface area contributed by atoms with Crippen LogP contribution in [0.3, 0.4) is 0 Å². The quantitative estimate of drug-likeness (QED) is 0.453. The van der Waals surface area contributed by atoms with E-state index in [4.69, 9.17) is 4.74 Å². The van der Waals surface area contributed by atoms with E-state index in [1.54, 1.807) is 19.3 Å². The summed E-state index contributed by atoms with van der Waals surface area (Å²) in [5, 5.41) is 0. The molecule has 0 aromatic rings. The van der Waals surface area contributed by atoms with Crippen LogP contribution in [0.5, 0.6) is 0 Å². The molecule has 0 bridgehead atoms. The highest BCUT2D eigenvalue weighted by Crippen LogP contribution is 2.11. The van der Waals surface area contributed by atoms with Crippen LogP contribution in [-0.4, -0.2) is 25.8 Å². The Morgan fingerprint density at radius 2 is 2.42 bits per heavy atom. The third-order valence-electron chi connectivity index (χ3n) is 1.63. The van der Waals surface area contributed by atoms with Crippen LogP contribution >= 0.6 is 0 Å². The Labute approximate surface area is 70.7 Å². The maximum atomic E-state index is 11.1. The fraction of sp³-hybridized carbons (Fsp3) is 0.333. The highest BCUT2D eigenvalue weighted by Gasteiger charge is 2.15. The largest absolute Gasteiger partial charge is 0.380 e. The topological polar surface area (TPSA) is 43.4 Å². The van der Waals surface area contributed by atoms with E-state index in [0.717, 1.165) is 5.57 Å². The Morgan fingerprint density at radius 3 is 2.92 bits per heavy atom. The number of rotatable bonds is 3. The Balaban J connectivity index is 2.69. The zero-order valence-corrected chi connectivity index (χ0v) is 6.82. The van der Waals surface area contributed by atoms with Crippen LogP contribution in [0, 0.1) is 5.92 Å². The minimum atomic E-state index is -0.592. The third-order valence-corrected chi connectivity index (χ3v) is 1.63. The van der Waals surface area contributed by atoms with Gasteiger partial charge >= 0.3 is 0 Å². The molecule has 0 radical (unpaired) electrons. The molecule has 3 heteroatoms. The molecular formula is C9H10O3. The molecule has 0 heterocycles. The van der Waals surface area contributed by atoms with Crippen molar-refractivity contribution in [3.8, 4) is 0 Å². The van der Waals surface area contributed by atoms with Gasteiger partial charge in [0.05, 0.1) is 12.5 Å². The number of ketones is 1. The van der Waals surface area contributed by atoms with Gasteiger partial charge in [-0.2, -0.15) is 0 Å². The average molecular weight is 166 g/mol. The molecule has 1 aliphatic rings. The molecule has 0 saturated heterocycles. The minimum Gasteiger partial charge on any atom is -0.380 e. The van der Waals surface area contributed by atoms with Gasteiger partial charge in [-0.1, -0.05) is 12.2 Å². The zero-order valence-electron chi connectivity index (χ0n) is 6.82. The normalized spacial score (nSPS) is 22.2. The molecule has 0 N–H and O–H groups in total. The van der Waals surface area contributed by atoms with Gasteiger partial charge < -0.3 is 9.53 Å². The second-order valence-corrected chi connectivity index (χ2v) is 2.58. The van der Waals surface area contributed by atoms with Crippen LogP contribution in [0.2, 0.25) is 0 Å². The first-order chi connectivity index (χ1) is 5.77. The molecule has 1 aliphatic carbocycles. The lowest BCUT2D eigenvalue weighted by molar-refractivity contribution is -0.122. The predicted octanol–water partition coefficient (Wildman–Crippen LogP) is 0.513. The molecule has 0 aliphatic heterocycles. The smallest absolute Gasteiger partial charge is 0.170 e. The predicted molar refractivity (Wildman–Crippen MR) is 43.7 cm³/mol. The monoisotopic (exact) mass is 166 g/mol. The lowest BCUT2D eigenvalue weighted by Crippen LogP contribution is -2.15. The fourth-order valence-corrected chi connectivity index (χ4v) is 1.02. The number of hydrogen-bond donors (Lipinski definition) is 0. The molecule has 1 unspecified atom stereocenters. The lowest BCUT2D eigenvalue weighted by Gasteiger charge is -2.08. The summed E-state index contributed by atoms with van der Waals surface area (Å²) in [7, 11) is 1.56. The fourth-order valence-electron chi connectivity index (χ4n) is 1.02. The number of carbonyl (C=O) groups excluding carboxylic acids is 2. The second kappa shape index (κ2) is 3.97. The summed E-state index contributed by atoms with van der Waals surface area (Å²) in [5.41, 5.74) is 0.806. The van der Waals surface area contributed by atoms with Crippen molar-refractivity contribution >= 4 is 12.1 Å². The summed E-state index contributed by atoms with van der Waals surface area (Å²) < 4.78 is 4.84. The van der Waals surface area contributed by atoms with Gasteiger partial charge in [-0.3, -0.25) is 4.79 Å². The van der Waals surface area contributed by atoms with Crippen LogP contribution in [0.4, 0.5) is 0 Å². The summed E-state index contributed by atoms with van der Waals surface area (Å²) >= 11 is 0. The van der Waals surface area contributed by atoms with Gasteiger partial charge in [-0.25, -0.2) is 0 Å². The van der Waals surface area contributed by atoms with E-state index in [1.165, 1.54) is 6.08 Å². The molecule has 0 saturated carbocycles. The van der Waals surface area contributed by atoms with Crippen molar-refractivity contribution in [2.75, 3.05) is 13.7 Å². The highest BCUT2D eigenvalue weighted by molar-refractivity contribution is 6.04. The number of allylic oxidation sites excluding steroid dienone is 2. The van der Waals surface area contributed by atoms with Crippen LogP contribution in [0.25, 0.3) is 0 Å². The first-order valence-electron chi connectivity index (χ1n) is 3.65. The molecule has 0 fully saturated rings. The molecule has 3 nitrogen and oxygen atoms in total. The average Bonchev–Trinajstić information content (AvgIpc) is 2.05. The Bertz CT molecular complexity index is 250. The Kier molecular flexibility index (Phi) is 2.94. The minimum absolute atomic E-state index is 0.167. The van der Waals surface area contributed by atoms with Gasteiger partial charge in [-0.15, -0.1) is 0 Å². The Morgan fingerprint density at radius 1 is 1.67 bits per heavy atom. The van der Waals surface area contributed by atoms with Gasteiger partial charge in [-0.05, 0) is 11.6 Å². The van der Waals surface area contributed by atoms with E-state index in [9.17, 15) is 9.59 Å². The highest BCUT2D eigenvalue weighted by atomic mass is 16.5. The summed E-state index contributed by atoms with van der Waals surface area (Å²) in [4.78, 5) is 21.4. The van der Waals surface area contributed by atoms with Gasteiger partial charge in [0.1, 0.15) is 6.29 Å². The summed E-state index contributed by atoms with van der Waals surface area (Å²) in [6.07, 6.45) is 5.41. The van der Waals surface area contributed by atoms with Crippen LogP contribution in [0.1, 0.15) is 0 Å². The van der Waals surface area contributed by atoms with Crippen molar-refractivity contribution in [2.45, 2.75) is 0 Å². The molecule has 1 atom stereocenters. The molecule has 0 aromatic carbocycles. The van der Waals surface area contributed by atoms with E-state index in [-0.39, 0.29) is 5.78 Å². The lowest BCUT2D eigenvalue weighted by atomic mass is 9.97. The van der Waals surface area contributed by atoms with E-state index in [2.05, 4.69) is 0 Å². The van der Waals surface area contributed by atoms with E-state index < -0.39 is 5.92 Å². The molecular weight excluding hydrogens is 156 g/mol. The van der Waals surface area contributed by atoms with Crippen molar-refractivity contribution < 1.29 is 14.3 Å². The van der Waals surface area contributed by atoms with E-state index >= 15 is 0 Å². The summed E-state index contributed by atoms with van der Waals surface area (Å²) in [6, 6.07) is 0. The number of ether oxygens (including phenoxy) is 1. The number of hydrogen-bond acceptors (Lipinski definition) is 3. The van der Waals surface area contributed by atoms with Gasteiger partial charge in [0.25, 0.3) is 0 Å². The third kappa shape index (κ3) is 1.89. The van der Waals surface area contributed by atoms with Crippen LogP contribution in [0.15, 0.2) is 23.8 Å². The summed E-state index contributed by atoms with van der Waals surface area (Å²) in [6.45, 7) is 0.411. The van der Waals surface area contributed by atoms with E-state index in [1.807, 2.05) is 0 Å². The van der Waals surface area contributed by atoms with Crippen molar-refractivity contribution in [1.82, 2.24) is 0 Å². The maximum Gasteiger partial charge on any atom is 0.170 e. The number of aldehydes is 1. The zero-order chi connectivity index (χ0) is 8.97. The Hall–Kier alpha value is -1.22. The molecule has 0 spiro atoms. The first-order valence-corrected chi connectivity index (χ1v) is 3.65. The summed E-state index contributed by atoms with van der Waals surface area (Å²) in [5.74, 6) is -0.759. The number of carbonyl (C=O) groups is 2. The molecule has 64 valence electrons. The molecule has 12 heavy (non-hydrogen) atoms. The first kappa shape index (κ1) is 8.87. The second-order valence-electron chi connectivity index (χ2n) is 2.58. The molecule has 0 aromatic heterocycles. The van der Waals surface area contributed by atoms with Crippen molar-refractivity contribution in [1.29, 1.82) is 0 Å². The van der Waals surface area contributed by atoms with Crippen LogP contribution in [-0.2, 0) is 14.3 Å². The van der Waals surface area contributed by atoms with E-state index in [0.29, 0.717) is 12.9 Å². The van der Waals surface area contributed by atoms with Gasteiger partial charge in [0.2, 0.25) is 0 Å². The molecule has 1 rings (SSSR count). The van der Waals surface area contributed by atoms with Crippen molar-refractivity contribution in [3.63, 3.8) is 0 Å². The van der Waals surface area contributed by atoms with Gasteiger partial charge in [0.15, 0.2) is 5.78 Å². The SMILES string of the molecule is COCC1=CC(=O)C(C=O)C=C1. The molecule has 0 amide bonds. The van der Waals surface area contributed by atoms with Crippen molar-refractivity contribution in [3.05, 3.63) is 23.8 Å². The number of methoxy groups -OCH3 is 1. The maximum absolute atomic E-state index is 11.1. The van der Waals surface area contributed by atoms with Crippen LogP contribution < -0.4 is 0 Å². The van der Waals surface area contributed by atoms with Gasteiger partial charge in [0, 0.05) is 7.11 Å².